The second-order valence-electron chi connectivity index (χ2n) is 5.35. The summed E-state index contributed by atoms with van der Waals surface area (Å²) in [6.45, 7) is 7.68. The number of rotatable bonds is 3. The van der Waals surface area contributed by atoms with Gasteiger partial charge in [-0.3, -0.25) is 14.9 Å². The molecule has 0 radical (unpaired) electrons. The van der Waals surface area contributed by atoms with Gasteiger partial charge >= 0.3 is 0 Å². The monoisotopic (exact) mass is 317 g/mol. The topological polar surface area (TPSA) is 75.5 Å². The van der Waals surface area contributed by atoms with Gasteiger partial charge < -0.3 is 10.2 Å². The van der Waals surface area contributed by atoms with Crippen LogP contribution in [0, 0.1) is 10.1 Å². The molecule has 0 saturated carbocycles. The summed E-state index contributed by atoms with van der Waals surface area (Å²) in [5, 5.41) is 14.7. The van der Waals surface area contributed by atoms with Crippen LogP contribution < -0.4 is 10.2 Å². The molecule has 7 heteroatoms. The lowest BCUT2D eigenvalue weighted by Crippen LogP contribution is -2.31. The number of benzene rings is 1. The predicted molar refractivity (Wildman–Crippen MR) is 87.8 cm³/mol. The van der Waals surface area contributed by atoms with Crippen molar-refractivity contribution in [1.29, 1.82) is 0 Å². The highest BCUT2D eigenvalue weighted by Gasteiger charge is 2.26. The third-order valence-electron chi connectivity index (χ3n) is 3.51. The molecule has 1 aromatic heterocycles. The molecule has 3 rings (SSSR count). The van der Waals surface area contributed by atoms with Gasteiger partial charge in [0, 0.05) is 41.9 Å². The molecule has 0 bridgehead atoms. The number of non-ortho nitro benzene ring substituents is 1. The average Bonchev–Trinajstić information content (AvgIpc) is 2.77. The zero-order chi connectivity index (χ0) is 15.9. The van der Waals surface area contributed by atoms with E-state index in [9.17, 15) is 14.9 Å². The minimum absolute atomic E-state index is 0.0352. The van der Waals surface area contributed by atoms with E-state index >= 15 is 0 Å². The summed E-state index contributed by atoms with van der Waals surface area (Å²) < 4.78 is 0.874. The van der Waals surface area contributed by atoms with Gasteiger partial charge in [-0.25, -0.2) is 0 Å². The highest BCUT2D eigenvalue weighted by atomic mass is 32.1. The van der Waals surface area contributed by atoms with Gasteiger partial charge in [0.15, 0.2) is 0 Å². The van der Waals surface area contributed by atoms with E-state index in [1.165, 1.54) is 17.4 Å². The van der Waals surface area contributed by atoms with E-state index in [1.54, 1.807) is 12.1 Å². The van der Waals surface area contributed by atoms with Gasteiger partial charge in [-0.1, -0.05) is 12.2 Å². The number of nitro groups is 1. The van der Waals surface area contributed by atoms with Crippen molar-refractivity contribution in [3.63, 3.8) is 0 Å². The summed E-state index contributed by atoms with van der Waals surface area (Å²) in [7, 11) is 0. The third-order valence-corrected chi connectivity index (χ3v) is 4.67. The van der Waals surface area contributed by atoms with E-state index < -0.39 is 4.92 Å². The van der Waals surface area contributed by atoms with Gasteiger partial charge in [-0.15, -0.1) is 11.3 Å². The van der Waals surface area contributed by atoms with Gasteiger partial charge in [0.25, 0.3) is 11.6 Å². The lowest BCUT2D eigenvalue weighted by molar-refractivity contribution is -0.384. The van der Waals surface area contributed by atoms with Crippen LogP contribution in [0.1, 0.15) is 16.6 Å². The normalized spacial score (nSPS) is 14.4. The van der Waals surface area contributed by atoms with Crippen LogP contribution in [0.4, 0.5) is 11.4 Å². The molecule has 0 atom stereocenters. The Kier molecular flexibility index (Phi) is 3.58. The third kappa shape index (κ3) is 2.43. The van der Waals surface area contributed by atoms with Crippen LogP contribution in [0.2, 0.25) is 0 Å². The Hall–Kier alpha value is -2.41. The van der Waals surface area contributed by atoms with Crippen LogP contribution in [0.15, 0.2) is 30.4 Å². The Bertz CT molecular complexity index is 797. The summed E-state index contributed by atoms with van der Waals surface area (Å²) >= 11 is 1.37. The molecule has 1 aliphatic rings. The van der Waals surface area contributed by atoms with Crippen molar-refractivity contribution in [2.45, 2.75) is 6.92 Å². The Balaban J connectivity index is 2.24. The van der Waals surface area contributed by atoms with Crippen molar-refractivity contribution >= 4 is 38.7 Å². The van der Waals surface area contributed by atoms with E-state index in [2.05, 4.69) is 16.8 Å². The zero-order valence-electron chi connectivity index (χ0n) is 12.1. The Morgan fingerprint density at radius 1 is 1.55 bits per heavy atom. The lowest BCUT2D eigenvalue weighted by atomic mass is 10.1. The molecule has 22 heavy (non-hydrogen) atoms. The van der Waals surface area contributed by atoms with Gasteiger partial charge in [0.1, 0.15) is 4.88 Å². The van der Waals surface area contributed by atoms with Crippen molar-refractivity contribution in [2.75, 3.05) is 24.5 Å². The van der Waals surface area contributed by atoms with Crippen LogP contribution in [0.3, 0.4) is 0 Å². The van der Waals surface area contributed by atoms with Crippen molar-refractivity contribution in [3.05, 3.63) is 45.3 Å². The molecule has 6 nitrogen and oxygen atoms in total. The molecule has 0 aliphatic carbocycles. The second-order valence-corrected chi connectivity index (χ2v) is 6.40. The van der Waals surface area contributed by atoms with Gasteiger partial charge in [0.2, 0.25) is 0 Å². The molecule has 1 amide bonds. The van der Waals surface area contributed by atoms with E-state index in [0.717, 1.165) is 21.3 Å². The fourth-order valence-corrected chi connectivity index (χ4v) is 3.76. The van der Waals surface area contributed by atoms with Crippen LogP contribution in [0.25, 0.3) is 10.1 Å². The molecule has 0 spiro atoms. The first-order valence-electron chi connectivity index (χ1n) is 6.86. The first kappa shape index (κ1) is 14.5. The highest BCUT2D eigenvalue weighted by molar-refractivity contribution is 7.21. The maximum absolute atomic E-state index is 12.2. The number of thiophene rings is 1. The number of hydrogen-bond acceptors (Lipinski definition) is 5. The first-order valence-corrected chi connectivity index (χ1v) is 7.67. The molecular formula is C15H15N3O3S. The largest absolute Gasteiger partial charge is 0.364 e. The smallest absolute Gasteiger partial charge is 0.270 e. The van der Waals surface area contributed by atoms with Crippen molar-refractivity contribution in [3.8, 4) is 0 Å². The first-order chi connectivity index (χ1) is 10.5. The quantitative estimate of drug-likeness (QED) is 0.536. The SMILES string of the molecule is C=C(C)CN1CCNC(=O)c2sc3ccc([N+](=O)[O-])cc3c21. The number of nitro benzene ring substituents is 1. The number of carbonyl (C=O) groups is 1. The molecule has 0 unspecified atom stereocenters. The minimum Gasteiger partial charge on any atom is -0.364 e. The zero-order valence-corrected chi connectivity index (χ0v) is 12.9. The molecular weight excluding hydrogens is 302 g/mol. The Labute approximate surface area is 131 Å². The second kappa shape index (κ2) is 5.42. The van der Waals surface area contributed by atoms with E-state index in [0.29, 0.717) is 24.5 Å². The number of hydrogen-bond donors (Lipinski definition) is 1. The number of nitrogens with one attached hydrogen (secondary N) is 1. The van der Waals surface area contributed by atoms with Crippen LogP contribution in [0.5, 0.6) is 0 Å². The van der Waals surface area contributed by atoms with E-state index in [4.69, 9.17) is 0 Å². The minimum atomic E-state index is -0.413. The maximum atomic E-state index is 12.2. The highest BCUT2D eigenvalue weighted by Crippen LogP contribution is 2.40. The van der Waals surface area contributed by atoms with Crippen LogP contribution >= 0.6 is 11.3 Å². The number of carbonyl (C=O) groups excluding carboxylic acids is 1. The van der Waals surface area contributed by atoms with Crippen molar-refractivity contribution in [2.24, 2.45) is 0 Å². The number of amides is 1. The van der Waals surface area contributed by atoms with E-state index in [1.807, 2.05) is 6.92 Å². The number of anilines is 1. The summed E-state index contributed by atoms with van der Waals surface area (Å²) in [6.07, 6.45) is 0. The summed E-state index contributed by atoms with van der Waals surface area (Å²) in [5.41, 5.74) is 1.79. The van der Waals surface area contributed by atoms with Crippen LogP contribution in [-0.2, 0) is 0 Å². The van der Waals surface area contributed by atoms with Gasteiger partial charge in [-0.05, 0) is 13.0 Å². The Morgan fingerprint density at radius 2 is 2.32 bits per heavy atom. The molecule has 0 fully saturated rings. The number of nitrogens with zero attached hydrogens (tertiary/aromatic N) is 2. The molecule has 1 aromatic carbocycles. The lowest BCUT2D eigenvalue weighted by Gasteiger charge is -2.23. The standard InChI is InChI=1S/C15H15N3O3S/c1-9(2)8-17-6-5-16-15(19)14-13(17)11-7-10(18(20)21)3-4-12(11)22-14/h3-4,7H,1,5-6,8H2,2H3,(H,16,19). The van der Waals surface area contributed by atoms with Crippen molar-refractivity contribution in [1.82, 2.24) is 5.32 Å². The van der Waals surface area contributed by atoms with Gasteiger partial charge in [-0.2, -0.15) is 0 Å². The fraction of sp³-hybridized carbons (Fsp3) is 0.267. The summed E-state index contributed by atoms with van der Waals surface area (Å²) in [6, 6.07) is 4.73. The average molecular weight is 317 g/mol. The Morgan fingerprint density at radius 3 is 3.00 bits per heavy atom. The summed E-state index contributed by atoms with van der Waals surface area (Å²) in [4.78, 5) is 25.5. The molecule has 114 valence electrons. The summed E-state index contributed by atoms with van der Waals surface area (Å²) in [5.74, 6) is -0.122. The van der Waals surface area contributed by atoms with E-state index in [-0.39, 0.29) is 11.6 Å². The molecule has 0 saturated heterocycles. The molecule has 2 heterocycles. The maximum Gasteiger partial charge on any atom is 0.270 e. The molecule has 2 aromatic rings. The van der Waals surface area contributed by atoms with Gasteiger partial charge in [0.05, 0.1) is 10.6 Å². The predicted octanol–water partition coefficient (Wildman–Crippen LogP) is 2.94. The van der Waals surface area contributed by atoms with Crippen LogP contribution in [-0.4, -0.2) is 30.5 Å². The van der Waals surface area contributed by atoms with Crippen molar-refractivity contribution < 1.29 is 9.72 Å². The fourth-order valence-electron chi connectivity index (χ4n) is 2.63. The number of fused-ring (bicyclic) bond motifs is 3. The molecule has 1 aliphatic heterocycles. The molecule has 1 N–H and O–H groups in total.